The first-order chi connectivity index (χ1) is 10.9. The molecule has 2 N–H and O–H groups in total. The van der Waals surface area contributed by atoms with Crippen molar-refractivity contribution in [3.63, 3.8) is 0 Å². The molecule has 0 unspecified atom stereocenters. The van der Waals surface area contributed by atoms with E-state index >= 15 is 0 Å². The Morgan fingerprint density at radius 2 is 2.00 bits per heavy atom. The van der Waals surface area contributed by atoms with Crippen molar-refractivity contribution >= 4 is 16.0 Å². The maximum Gasteiger partial charge on any atom is 0.306 e. The molecule has 128 valence electrons. The summed E-state index contributed by atoms with van der Waals surface area (Å²) in [4.78, 5) is 11.3. The lowest BCUT2D eigenvalue weighted by atomic mass is 9.86. The van der Waals surface area contributed by atoms with Crippen LogP contribution in [0.15, 0.2) is 29.2 Å². The Balaban J connectivity index is 2.02. The molecule has 1 aliphatic rings. The summed E-state index contributed by atoms with van der Waals surface area (Å²) >= 11 is 0. The molecule has 2 atom stereocenters. The predicted octanol–water partition coefficient (Wildman–Crippen LogP) is 1.80. The van der Waals surface area contributed by atoms with E-state index in [0.29, 0.717) is 25.9 Å². The Bertz CT molecular complexity index is 626. The van der Waals surface area contributed by atoms with E-state index in [1.807, 2.05) is 0 Å². The summed E-state index contributed by atoms with van der Waals surface area (Å²) in [7, 11) is -2.00. The molecule has 0 spiro atoms. The minimum atomic E-state index is -3.62. The van der Waals surface area contributed by atoms with Crippen LogP contribution in [-0.4, -0.2) is 39.3 Å². The Hall–Kier alpha value is -1.44. The molecular formula is C16H23NO5S. The van der Waals surface area contributed by atoms with Crippen LogP contribution in [0.2, 0.25) is 0 Å². The molecule has 0 amide bonds. The number of carboxylic acids is 1. The van der Waals surface area contributed by atoms with E-state index in [1.54, 1.807) is 31.4 Å². The van der Waals surface area contributed by atoms with Crippen molar-refractivity contribution in [2.45, 2.75) is 43.0 Å². The first-order valence-corrected chi connectivity index (χ1v) is 9.23. The maximum absolute atomic E-state index is 12.4. The summed E-state index contributed by atoms with van der Waals surface area (Å²) in [5.74, 6) is -1.32. The van der Waals surface area contributed by atoms with Gasteiger partial charge in [0.05, 0.1) is 17.4 Å². The van der Waals surface area contributed by atoms with Crippen LogP contribution in [0.4, 0.5) is 0 Å². The van der Waals surface area contributed by atoms with Crippen LogP contribution in [-0.2, 0) is 26.0 Å². The fourth-order valence-electron chi connectivity index (χ4n) is 2.86. The summed E-state index contributed by atoms with van der Waals surface area (Å²) < 4.78 is 32.5. The molecule has 1 aromatic carbocycles. The number of rotatable bonds is 7. The van der Waals surface area contributed by atoms with E-state index in [1.165, 1.54) is 0 Å². The second-order valence-electron chi connectivity index (χ2n) is 5.91. The average molecular weight is 341 g/mol. The van der Waals surface area contributed by atoms with Gasteiger partial charge in [-0.3, -0.25) is 4.79 Å². The third-order valence-corrected chi connectivity index (χ3v) is 5.71. The number of carboxylic acid groups (broad SMARTS) is 1. The van der Waals surface area contributed by atoms with Crippen molar-refractivity contribution in [3.05, 3.63) is 29.8 Å². The Morgan fingerprint density at radius 3 is 2.61 bits per heavy atom. The number of sulfonamides is 1. The zero-order valence-electron chi connectivity index (χ0n) is 13.2. The first-order valence-electron chi connectivity index (χ1n) is 7.75. The van der Waals surface area contributed by atoms with Gasteiger partial charge in [0.2, 0.25) is 10.0 Å². The van der Waals surface area contributed by atoms with Crippen molar-refractivity contribution < 1.29 is 23.1 Å². The normalized spacial score (nSPS) is 22.0. The lowest BCUT2D eigenvalue weighted by Gasteiger charge is -2.27. The van der Waals surface area contributed by atoms with Crippen LogP contribution in [0.5, 0.6) is 0 Å². The van der Waals surface area contributed by atoms with Gasteiger partial charge in [-0.15, -0.1) is 0 Å². The third kappa shape index (κ3) is 5.02. The molecule has 2 rings (SSSR count). The van der Waals surface area contributed by atoms with Gasteiger partial charge in [-0.2, -0.15) is 0 Å². The fourth-order valence-corrected chi connectivity index (χ4v) is 4.15. The molecule has 1 aromatic rings. The van der Waals surface area contributed by atoms with Crippen LogP contribution in [0.1, 0.15) is 31.2 Å². The molecule has 0 radical (unpaired) electrons. The lowest BCUT2D eigenvalue weighted by Crippen LogP contribution is -2.39. The number of ether oxygens (including phenoxy) is 1. The maximum atomic E-state index is 12.4. The minimum absolute atomic E-state index is 0.205. The SMILES string of the molecule is COCCc1ccc(S(=O)(=O)N[C@@H]2CCC[C@H](C(=O)O)C2)cc1. The van der Waals surface area contributed by atoms with Gasteiger partial charge in [-0.25, -0.2) is 13.1 Å². The minimum Gasteiger partial charge on any atom is -0.481 e. The van der Waals surface area contributed by atoms with Crippen molar-refractivity contribution in [1.29, 1.82) is 0 Å². The van der Waals surface area contributed by atoms with E-state index in [9.17, 15) is 13.2 Å². The predicted molar refractivity (Wildman–Crippen MR) is 85.7 cm³/mol. The molecular weight excluding hydrogens is 318 g/mol. The summed E-state index contributed by atoms with van der Waals surface area (Å²) in [6.45, 7) is 0.586. The monoisotopic (exact) mass is 341 g/mol. The molecule has 7 heteroatoms. The number of nitrogens with one attached hydrogen (secondary N) is 1. The van der Waals surface area contributed by atoms with Crippen molar-refractivity contribution in [3.8, 4) is 0 Å². The van der Waals surface area contributed by atoms with Gasteiger partial charge in [0.25, 0.3) is 0 Å². The molecule has 1 saturated carbocycles. The molecule has 0 saturated heterocycles. The third-order valence-electron chi connectivity index (χ3n) is 4.17. The summed E-state index contributed by atoms with van der Waals surface area (Å²) in [6, 6.07) is 6.38. The summed E-state index contributed by atoms with van der Waals surface area (Å²) in [5, 5.41) is 9.09. The van der Waals surface area contributed by atoms with Gasteiger partial charge in [0, 0.05) is 13.2 Å². The summed E-state index contributed by atoms with van der Waals surface area (Å²) in [6.07, 6.45) is 3.09. The van der Waals surface area contributed by atoms with Gasteiger partial charge in [-0.05, 0) is 43.4 Å². The second-order valence-corrected chi connectivity index (χ2v) is 7.62. The Morgan fingerprint density at radius 1 is 1.30 bits per heavy atom. The van der Waals surface area contributed by atoms with Crippen LogP contribution in [0.25, 0.3) is 0 Å². The first kappa shape index (κ1) is 17.9. The number of methoxy groups -OCH3 is 1. The quantitative estimate of drug-likeness (QED) is 0.789. The van der Waals surface area contributed by atoms with E-state index in [4.69, 9.17) is 9.84 Å². The van der Waals surface area contributed by atoms with Crippen LogP contribution >= 0.6 is 0 Å². The molecule has 1 aliphatic carbocycles. The smallest absolute Gasteiger partial charge is 0.306 e. The summed E-state index contributed by atoms with van der Waals surface area (Å²) in [5.41, 5.74) is 1.01. The second kappa shape index (κ2) is 7.90. The van der Waals surface area contributed by atoms with Crippen molar-refractivity contribution in [2.75, 3.05) is 13.7 Å². The van der Waals surface area contributed by atoms with Gasteiger partial charge < -0.3 is 9.84 Å². The highest BCUT2D eigenvalue weighted by Crippen LogP contribution is 2.25. The highest BCUT2D eigenvalue weighted by Gasteiger charge is 2.29. The molecule has 0 aromatic heterocycles. The molecule has 1 fully saturated rings. The average Bonchev–Trinajstić information content (AvgIpc) is 2.53. The molecule has 6 nitrogen and oxygen atoms in total. The number of carbonyl (C=O) groups is 1. The van der Waals surface area contributed by atoms with Crippen molar-refractivity contribution in [2.24, 2.45) is 5.92 Å². The molecule has 23 heavy (non-hydrogen) atoms. The van der Waals surface area contributed by atoms with Crippen molar-refractivity contribution in [1.82, 2.24) is 4.72 Å². The highest BCUT2D eigenvalue weighted by atomic mass is 32.2. The van der Waals surface area contributed by atoms with E-state index in [0.717, 1.165) is 18.4 Å². The van der Waals surface area contributed by atoms with Crippen LogP contribution < -0.4 is 4.72 Å². The Labute approximate surface area is 136 Å². The largest absolute Gasteiger partial charge is 0.481 e. The molecule has 0 aliphatic heterocycles. The van der Waals surface area contributed by atoms with Gasteiger partial charge in [-0.1, -0.05) is 18.6 Å². The van der Waals surface area contributed by atoms with Gasteiger partial charge in [0.15, 0.2) is 0 Å². The van der Waals surface area contributed by atoms with Gasteiger partial charge >= 0.3 is 5.97 Å². The zero-order valence-corrected chi connectivity index (χ0v) is 14.0. The van der Waals surface area contributed by atoms with E-state index < -0.39 is 21.9 Å². The molecule has 0 bridgehead atoms. The number of hydrogen-bond donors (Lipinski definition) is 2. The Kier molecular flexibility index (Phi) is 6.15. The fraction of sp³-hybridized carbons (Fsp3) is 0.562. The molecule has 0 heterocycles. The number of benzene rings is 1. The topological polar surface area (TPSA) is 92.7 Å². The van der Waals surface area contributed by atoms with E-state index in [2.05, 4.69) is 4.72 Å². The zero-order chi connectivity index (χ0) is 16.9. The lowest BCUT2D eigenvalue weighted by molar-refractivity contribution is -0.143. The highest BCUT2D eigenvalue weighted by molar-refractivity contribution is 7.89. The van der Waals surface area contributed by atoms with Crippen LogP contribution in [0.3, 0.4) is 0 Å². The van der Waals surface area contributed by atoms with E-state index in [-0.39, 0.29) is 10.9 Å². The van der Waals surface area contributed by atoms with Gasteiger partial charge in [0.1, 0.15) is 0 Å². The number of aliphatic carboxylic acids is 1. The standard InChI is InChI=1S/C16H23NO5S/c1-22-10-9-12-5-7-15(8-6-12)23(20,21)17-14-4-2-3-13(11-14)16(18)19/h5-8,13-14,17H,2-4,9-11H2,1H3,(H,18,19)/t13-,14+/m0/s1. The number of hydrogen-bond acceptors (Lipinski definition) is 4. The van der Waals surface area contributed by atoms with Crippen LogP contribution in [0, 0.1) is 5.92 Å².